The normalized spacial score (nSPS) is 16.2. The predicted molar refractivity (Wildman–Crippen MR) is 98.1 cm³/mol. The standard InChI is InChI=1S/C20H16FN3O5/c21-14-3-1-2-12(8-14)11-28-16-6-4-15(5-7-16)24-10-13(9-17(24)25)18-22-19(20(26)27)29-23-18/h1-8,13H,9-11H2,(H,26,27)/t13-/m1/s1. The second-order valence-corrected chi connectivity index (χ2v) is 6.58. The first-order valence-corrected chi connectivity index (χ1v) is 8.84. The molecular weight excluding hydrogens is 381 g/mol. The molecule has 29 heavy (non-hydrogen) atoms. The Morgan fingerprint density at radius 2 is 2.07 bits per heavy atom. The molecule has 1 atom stereocenters. The topological polar surface area (TPSA) is 106 Å². The van der Waals surface area contributed by atoms with Crippen molar-refractivity contribution < 1.29 is 28.3 Å². The molecule has 0 saturated carbocycles. The second kappa shape index (κ2) is 7.70. The number of rotatable bonds is 6. The molecule has 0 aliphatic carbocycles. The molecule has 0 bridgehead atoms. The zero-order valence-corrected chi connectivity index (χ0v) is 15.1. The van der Waals surface area contributed by atoms with Crippen molar-refractivity contribution in [3.05, 3.63) is 71.6 Å². The lowest BCUT2D eigenvalue weighted by Gasteiger charge is -2.16. The van der Waals surface area contributed by atoms with Gasteiger partial charge in [-0.2, -0.15) is 4.98 Å². The minimum Gasteiger partial charge on any atom is -0.489 e. The Morgan fingerprint density at radius 3 is 2.76 bits per heavy atom. The first-order chi connectivity index (χ1) is 14.0. The number of halogens is 1. The van der Waals surface area contributed by atoms with Crippen molar-refractivity contribution in [2.24, 2.45) is 0 Å². The molecule has 0 spiro atoms. The van der Waals surface area contributed by atoms with Gasteiger partial charge in [0.25, 0.3) is 0 Å². The monoisotopic (exact) mass is 397 g/mol. The van der Waals surface area contributed by atoms with E-state index in [1.807, 2.05) is 0 Å². The fraction of sp³-hybridized carbons (Fsp3) is 0.200. The van der Waals surface area contributed by atoms with Crippen LogP contribution in [0.4, 0.5) is 10.1 Å². The van der Waals surface area contributed by atoms with Crippen LogP contribution in [0.2, 0.25) is 0 Å². The number of carboxylic acids is 1. The number of nitrogens with zero attached hydrogens (tertiary/aromatic N) is 3. The van der Waals surface area contributed by atoms with Gasteiger partial charge in [-0.3, -0.25) is 4.79 Å². The third kappa shape index (κ3) is 4.08. The lowest BCUT2D eigenvalue weighted by molar-refractivity contribution is -0.117. The van der Waals surface area contributed by atoms with Gasteiger partial charge >= 0.3 is 11.9 Å². The molecule has 3 aromatic rings. The van der Waals surface area contributed by atoms with Crippen molar-refractivity contribution in [1.82, 2.24) is 10.1 Å². The van der Waals surface area contributed by atoms with Crippen LogP contribution >= 0.6 is 0 Å². The lowest BCUT2D eigenvalue weighted by atomic mass is 10.1. The number of anilines is 1. The van der Waals surface area contributed by atoms with Crippen LogP contribution in [0.5, 0.6) is 5.75 Å². The number of benzene rings is 2. The third-order valence-electron chi connectivity index (χ3n) is 4.56. The third-order valence-corrected chi connectivity index (χ3v) is 4.56. The molecule has 9 heteroatoms. The van der Waals surface area contributed by atoms with Gasteiger partial charge in [-0.1, -0.05) is 17.3 Å². The highest BCUT2D eigenvalue weighted by Gasteiger charge is 2.35. The van der Waals surface area contributed by atoms with Gasteiger partial charge in [0.2, 0.25) is 5.91 Å². The van der Waals surface area contributed by atoms with Crippen molar-refractivity contribution >= 4 is 17.6 Å². The number of carbonyl (C=O) groups excluding carboxylic acids is 1. The van der Waals surface area contributed by atoms with E-state index in [0.29, 0.717) is 23.5 Å². The molecule has 1 saturated heterocycles. The molecular formula is C20H16FN3O5. The van der Waals surface area contributed by atoms with Crippen LogP contribution in [0.3, 0.4) is 0 Å². The maximum atomic E-state index is 13.2. The maximum Gasteiger partial charge on any atom is 0.394 e. The van der Waals surface area contributed by atoms with Gasteiger partial charge in [-0.15, -0.1) is 0 Å². The molecule has 1 aliphatic heterocycles. The lowest BCUT2D eigenvalue weighted by Crippen LogP contribution is -2.24. The fourth-order valence-electron chi connectivity index (χ4n) is 3.13. The highest BCUT2D eigenvalue weighted by Crippen LogP contribution is 2.31. The van der Waals surface area contributed by atoms with E-state index in [4.69, 9.17) is 9.84 Å². The molecule has 0 unspecified atom stereocenters. The summed E-state index contributed by atoms with van der Waals surface area (Å²) in [7, 11) is 0. The smallest absolute Gasteiger partial charge is 0.394 e. The highest BCUT2D eigenvalue weighted by molar-refractivity contribution is 5.96. The van der Waals surface area contributed by atoms with E-state index in [1.54, 1.807) is 41.3 Å². The van der Waals surface area contributed by atoms with E-state index >= 15 is 0 Å². The van der Waals surface area contributed by atoms with Crippen LogP contribution in [0.25, 0.3) is 0 Å². The van der Waals surface area contributed by atoms with Gasteiger partial charge in [-0.25, -0.2) is 9.18 Å². The number of hydrogen-bond donors (Lipinski definition) is 1. The summed E-state index contributed by atoms with van der Waals surface area (Å²) < 4.78 is 23.5. The first-order valence-electron chi connectivity index (χ1n) is 8.84. The van der Waals surface area contributed by atoms with Crippen molar-refractivity contribution in [2.45, 2.75) is 18.9 Å². The highest BCUT2D eigenvalue weighted by atomic mass is 19.1. The largest absolute Gasteiger partial charge is 0.489 e. The van der Waals surface area contributed by atoms with Gasteiger partial charge < -0.3 is 19.3 Å². The van der Waals surface area contributed by atoms with Crippen LogP contribution in [0.15, 0.2) is 53.1 Å². The molecule has 8 nitrogen and oxygen atoms in total. The Kier molecular flexibility index (Phi) is 4.94. The van der Waals surface area contributed by atoms with Gasteiger partial charge in [0, 0.05) is 24.6 Å². The number of carbonyl (C=O) groups is 2. The van der Waals surface area contributed by atoms with E-state index in [0.717, 1.165) is 0 Å². The Balaban J connectivity index is 1.40. The molecule has 0 radical (unpaired) electrons. The molecule has 4 rings (SSSR count). The molecule has 1 aliphatic rings. The van der Waals surface area contributed by atoms with Crippen LogP contribution < -0.4 is 9.64 Å². The Morgan fingerprint density at radius 1 is 1.28 bits per heavy atom. The van der Waals surface area contributed by atoms with Crippen LogP contribution in [-0.4, -0.2) is 33.7 Å². The van der Waals surface area contributed by atoms with Gasteiger partial charge in [-0.05, 0) is 42.0 Å². The minimum atomic E-state index is -1.31. The first kappa shape index (κ1) is 18.6. The summed E-state index contributed by atoms with van der Waals surface area (Å²) in [6.07, 6.45) is 0.163. The van der Waals surface area contributed by atoms with Crippen molar-refractivity contribution in [3.8, 4) is 5.75 Å². The van der Waals surface area contributed by atoms with Gasteiger partial charge in [0.15, 0.2) is 5.82 Å². The summed E-state index contributed by atoms with van der Waals surface area (Å²) >= 11 is 0. The summed E-state index contributed by atoms with van der Waals surface area (Å²) in [5.41, 5.74) is 1.39. The summed E-state index contributed by atoms with van der Waals surface area (Å²) in [6.45, 7) is 0.548. The molecule has 148 valence electrons. The number of amides is 1. The van der Waals surface area contributed by atoms with Crippen LogP contribution in [-0.2, 0) is 11.4 Å². The Hall–Kier alpha value is -3.75. The molecule has 2 aromatic carbocycles. The van der Waals surface area contributed by atoms with Gasteiger partial charge in [0.05, 0.1) is 0 Å². The van der Waals surface area contributed by atoms with Crippen molar-refractivity contribution in [3.63, 3.8) is 0 Å². The molecule has 2 heterocycles. The van der Waals surface area contributed by atoms with E-state index < -0.39 is 11.9 Å². The zero-order valence-electron chi connectivity index (χ0n) is 15.1. The Bertz CT molecular complexity index is 1050. The summed E-state index contributed by atoms with van der Waals surface area (Å²) in [4.78, 5) is 28.7. The summed E-state index contributed by atoms with van der Waals surface area (Å²) in [5, 5.41) is 12.5. The van der Waals surface area contributed by atoms with E-state index in [-0.39, 0.29) is 36.5 Å². The van der Waals surface area contributed by atoms with Crippen molar-refractivity contribution in [2.75, 3.05) is 11.4 Å². The number of aromatic carboxylic acids is 1. The quantitative estimate of drug-likeness (QED) is 0.681. The summed E-state index contributed by atoms with van der Waals surface area (Å²) in [6, 6.07) is 13.1. The fourth-order valence-corrected chi connectivity index (χ4v) is 3.13. The molecule has 1 aromatic heterocycles. The van der Waals surface area contributed by atoms with Gasteiger partial charge in [0.1, 0.15) is 18.2 Å². The minimum absolute atomic E-state index is 0.120. The van der Waals surface area contributed by atoms with Crippen molar-refractivity contribution in [1.29, 1.82) is 0 Å². The molecule has 1 amide bonds. The Labute approximate surface area is 164 Å². The van der Waals surface area contributed by atoms with Crippen LogP contribution in [0, 0.1) is 5.82 Å². The van der Waals surface area contributed by atoms with E-state index in [2.05, 4.69) is 14.7 Å². The molecule has 1 fully saturated rings. The van der Waals surface area contributed by atoms with E-state index in [1.165, 1.54) is 12.1 Å². The average Bonchev–Trinajstić information content (AvgIpc) is 3.34. The zero-order chi connectivity index (χ0) is 20.4. The SMILES string of the molecule is O=C(O)c1nc([C@@H]2CC(=O)N(c3ccc(OCc4cccc(F)c4)cc3)C2)no1. The number of ether oxygens (including phenoxy) is 1. The number of hydrogen-bond acceptors (Lipinski definition) is 6. The maximum absolute atomic E-state index is 13.2. The second-order valence-electron chi connectivity index (χ2n) is 6.58. The average molecular weight is 397 g/mol. The molecule has 1 N–H and O–H groups in total. The number of carboxylic acid groups (broad SMARTS) is 1. The van der Waals surface area contributed by atoms with Crippen LogP contribution in [0.1, 0.15) is 34.4 Å². The predicted octanol–water partition coefficient (Wildman–Crippen LogP) is 3.01. The summed E-state index contributed by atoms with van der Waals surface area (Å²) in [5.74, 6) is -1.79. The number of aromatic nitrogens is 2. The van der Waals surface area contributed by atoms with E-state index in [9.17, 15) is 14.0 Å².